The van der Waals surface area contributed by atoms with E-state index < -0.39 is 6.04 Å². The van der Waals surface area contributed by atoms with Crippen LogP contribution in [0.3, 0.4) is 0 Å². The highest BCUT2D eigenvalue weighted by molar-refractivity contribution is 5.85. The van der Waals surface area contributed by atoms with Crippen LogP contribution in [-0.2, 0) is 4.79 Å². The van der Waals surface area contributed by atoms with Crippen molar-refractivity contribution in [1.82, 2.24) is 4.90 Å². The van der Waals surface area contributed by atoms with E-state index in [-0.39, 0.29) is 30.8 Å². The highest BCUT2D eigenvalue weighted by atomic mass is 35.5. The van der Waals surface area contributed by atoms with Gasteiger partial charge < -0.3 is 15.7 Å². The van der Waals surface area contributed by atoms with Gasteiger partial charge in [-0.2, -0.15) is 0 Å². The van der Waals surface area contributed by atoms with Crippen molar-refractivity contribution in [2.24, 2.45) is 11.7 Å². The van der Waals surface area contributed by atoms with E-state index in [4.69, 9.17) is 10.8 Å². The molecule has 0 bridgehead atoms. The number of halogens is 1. The Hall–Kier alpha value is -0.320. The maximum absolute atomic E-state index is 12.1. The number of unbranched alkanes of at least 4 members (excludes halogenated alkanes) is 2. The van der Waals surface area contributed by atoms with Crippen molar-refractivity contribution in [3.05, 3.63) is 0 Å². The topological polar surface area (TPSA) is 66.6 Å². The molecule has 0 aliphatic rings. The quantitative estimate of drug-likeness (QED) is 0.633. The van der Waals surface area contributed by atoms with Crippen molar-refractivity contribution in [3.63, 3.8) is 0 Å². The van der Waals surface area contributed by atoms with Gasteiger partial charge in [-0.05, 0) is 12.3 Å². The van der Waals surface area contributed by atoms with E-state index in [1.54, 1.807) is 4.90 Å². The zero-order chi connectivity index (χ0) is 13.3. The first-order valence-electron chi connectivity index (χ1n) is 6.73. The molecule has 0 aromatic rings. The first-order valence-corrected chi connectivity index (χ1v) is 6.73. The largest absolute Gasteiger partial charge is 0.395 e. The zero-order valence-corrected chi connectivity index (χ0v) is 12.7. The van der Waals surface area contributed by atoms with Crippen LogP contribution in [0, 0.1) is 5.92 Å². The average Bonchev–Trinajstić information content (AvgIpc) is 2.35. The number of carbonyl (C=O) groups is 1. The number of hydrogen-bond acceptors (Lipinski definition) is 3. The van der Waals surface area contributed by atoms with E-state index in [2.05, 4.69) is 6.92 Å². The van der Waals surface area contributed by atoms with Gasteiger partial charge in [-0.25, -0.2) is 0 Å². The van der Waals surface area contributed by atoms with Crippen LogP contribution in [0.25, 0.3) is 0 Å². The fourth-order valence-corrected chi connectivity index (χ4v) is 1.71. The average molecular weight is 281 g/mol. The van der Waals surface area contributed by atoms with Gasteiger partial charge in [0.25, 0.3) is 0 Å². The number of nitrogens with two attached hydrogens (primary N) is 1. The van der Waals surface area contributed by atoms with Gasteiger partial charge in [0.2, 0.25) is 5.91 Å². The highest BCUT2D eigenvalue weighted by Gasteiger charge is 2.24. The minimum Gasteiger partial charge on any atom is -0.395 e. The molecule has 0 fully saturated rings. The van der Waals surface area contributed by atoms with Crippen molar-refractivity contribution >= 4 is 18.3 Å². The number of aliphatic hydroxyl groups is 1. The number of aliphatic hydroxyl groups excluding tert-OH is 1. The lowest BCUT2D eigenvalue weighted by Crippen LogP contribution is -2.48. The summed E-state index contributed by atoms with van der Waals surface area (Å²) in [4.78, 5) is 13.8. The van der Waals surface area contributed by atoms with Crippen LogP contribution in [-0.4, -0.2) is 41.7 Å². The van der Waals surface area contributed by atoms with E-state index in [1.807, 2.05) is 13.8 Å². The third-order valence-electron chi connectivity index (χ3n) is 3.26. The second-order valence-corrected chi connectivity index (χ2v) is 4.67. The van der Waals surface area contributed by atoms with Gasteiger partial charge in [0.05, 0.1) is 12.6 Å². The lowest BCUT2D eigenvalue weighted by atomic mass is 9.99. The molecule has 1 amide bonds. The highest BCUT2D eigenvalue weighted by Crippen LogP contribution is 2.09. The summed E-state index contributed by atoms with van der Waals surface area (Å²) in [7, 11) is 0. The Morgan fingerprint density at radius 2 is 1.89 bits per heavy atom. The monoisotopic (exact) mass is 280 g/mol. The second-order valence-electron chi connectivity index (χ2n) is 4.67. The van der Waals surface area contributed by atoms with Gasteiger partial charge in [0.1, 0.15) is 0 Å². The van der Waals surface area contributed by atoms with Crippen molar-refractivity contribution in [3.8, 4) is 0 Å². The molecular weight excluding hydrogens is 252 g/mol. The zero-order valence-electron chi connectivity index (χ0n) is 11.9. The normalized spacial score (nSPS) is 13.6. The number of carbonyl (C=O) groups excluding carboxylic acids is 1. The Morgan fingerprint density at radius 3 is 2.33 bits per heavy atom. The molecule has 0 spiro atoms. The molecule has 3 N–H and O–H groups in total. The maximum atomic E-state index is 12.1. The fraction of sp³-hybridized carbons (Fsp3) is 0.923. The lowest BCUT2D eigenvalue weighted by Gasteiger charge is -2.27. The molecule has 18 heavy (non-hydrogen) atoms. The molecule has 0 aliphatic carbocycles. The van der Waals surface area contributed by atoms with Crippen LogP contribution in [0.4, 0.5) is 0 Å². The van der Waals surface area contributed by atoms with Crippen LogP contribution in [0.2, 0.25) is 0 Å². The van der Waals surface area contributed by atoms with Crippen molar-refractivity contribution < 1.29 is 9.90 Å². The van der Waals surface area contributed by atoms with Crippen LogP contribution in [0.1, 0.15) is 46.5 Å². The van der Waals surface area contributed by atoms with Crippen molar-refractivity contribution in [2.75, 3.05) is 19.7 Å². The predicted molar refractivity (Wildman–Crippen MR) is 77.9 cm³/mol. The minimum atomic E-state index is -0.437. The summed E-state index contributed by atoms with van der Waals surface area (Å²) in [5.41, 5.74) is 5.93. The molecule has 110 valence electrons. The van der Waals surface area contributed by atoms with Gasteiger partial charge in [-0.15, -0.1) is 12.4 Å². The summed E-state index contributed by atoms with van der Waals surface area (Å²) < 4.78 is 0. The van der Waals surface area contributed by atoms with Gasteiger partial charge in [-0.3, -0.25) is 4.79 Å². The van der Waals surface area contributed by atoms with Gasteiger partial charge in [0.15, 0.2) is 0 Å². The standard InChI is InChI=1S/C13H28N2O2.ClH/c1-4-6-7-8-15(9-10-16)13(17)12(14)11(3)5-2;/h11-12,16H,4-10,14H2,1-3H3;1H. The number of amides is 1. The summed E-state index contributed by atoms with van der Waals surface area (Å²) >= 11 is 0. The van der Waals surface area contributed by atoms with Gasteiger partial charge in [0, 0.05) is 13.1 Å². The predicted octanol–water partition coefficient (Wildman–Crippen LogP) is 1.79. The molecular formula is C13H29ClN2O2. The summed E-state index contributed by atoms with van der Waals surface area (Å²) in [6.07, 6.45) is 4.11. The third-order valence-corrected chi connectivity index (χ3v) is 3.26. The molecule has 0 aliphatic heterocycles. The van der Waals surface area contributed by atoms with Crippen LogP contribution < -0.4 is 5.73 Å². The summed E-state index contributed by atoms with van der Waals surface area (Å²) in [6.45, 7) is 7.26. The van der Waals surface area contributed by atoms with Crippen LogP contribution >= 0.6 is 12.4 Å². The molecule has 5 heteroatoms. The van der Waals surface area contributed by atoms with Crippen molar-refractivity contribution in [2.45, 2.75) is 52.5 Å². The molecule has 0 rings (SSSR count). The summed E-state index contributed by atoms with van der Waals surface area (Å²) in [5.74, 6) is 0.166. The lowest BCUT2D eigenvalue weighted by molar-refractivity contribution is -0.134. The molecule has 2 unspecified atom stereocenters. The first-order chi connectivity index (χ1) is 8.08. The number of rotatable bonds is 9. The maximum Gasteiger partial charge on any atom is 0.239 e. The smallest absolute Gasteiger partial charge is 0.239 e. The Bertz CT molecular complexity index is 215. The van der Waals surface area contributed by atoms with Crippen LogP contribution in [0.15, 0.2) is 0 Å². The van der Waals surface area contributed by atoms with Gasteiger partial charge in [-0.1, -0.05) is 40.0 Å². The van der Waals surface area contributed by atoms with E-state index in [0.29, 0.717) is 13.1 Å². The molecule has 2 atom stereocenters. The van der Waals surface area contributed by atoms with E-state index in [1.165, 1.54) is 0 Å². The molecule has 0 heterocycles. The molecule has 0 saturated carbocycles. The van der Waals surface area contributed by atoms with E-state index >= 15 is 0 Å². The Balaban J connectivity index is 0. The van der Waals surface area contributed by atoms with Crippen LogP contribution in [0.5, 0.6) is 0 Å². The van der Waals surface area contributed by atoms with E-state index in [9.17, 15) is 4.79 Å². The third kappa shape index (κ3) is 7.19. The van der Waals surface area contributed by atoms with Gasteiger partial charge >= 0.3 is 0 Å². The fourth-order valence-electron chi connectivity index (χ4n) is 1.71. The Labute approximate surface area is 117 Å². The Morgan fingerprint density at radius 1 is 1.28 bits per heavy atom. The molecule has 0 aromatic heterocycles. The number of hydrogen-bond donors (Lipinski definition) is 2. The van der Waals surface area contributed by atoms with Crippen molar-refractivity contribution in [1.29, 1.82) is 0 Å². The second kappa shape index (κ2) is 11.8. The summed E-state index contributed by atoms with van der Waals surface area (Å²) in [6, 6.07) is -0.437. The number of nitrogens with zero attached hydrogens (tertiary/aromatic N) is 1. The Kier molecular flexibility index (Phi) is 13.1. The minimum absolute atomic E-state index is 0. The first kappa shape index (κ1) is 20.0. The molecule has 0 aromatic carbocycles. The van der Waals surface area contributed by atoms with E-state index in [0.717, 1.165) is 25.7 Å². The molecule has 0 saturated heterocycles. The summed E-state index contributed by atoms with van der Waals surface area (Å²) in [5, 5.41) is 8.98. The molecule has 0 radical (unpaired) electrons. The molecule has 4 nitrogen and oxygen atoms in total. The SMILES string of the molecule is CCCCCN(CCO)C(=O)C(N)C(C)CC.Cl.